The number of methoxy groups -OCH3 is 1. The van der Waals surface area contributed by atoms with Crippen LogP contribution in [0.3, 0.4) is 0 Å². The molecule has 2 N–H and O–H groups in total. The number of unbranched alkanes of at least 4 members (excludes halogenated alkanes) is 1. The lowest BCUT2D eigenvalue weighted by molar-refractivity contribution is -0.131. The molecule has 3 amide bonds. The van der Waals surface area contributed by atoms with E-state index in [-0.39, 0.29) is 30.7 Å². The highest BCUT2D eigenvalue weighted by atomic mass is 32.2. The van der Waals surface area contributed by atoms with Gasteiger partial charge in [0.05, 0.1) is 23.1 Å². The molecule has 1 unspecified atom stereocenters. The van der Waals surface area contributed by atoms with Crippen molar-refractivity contribution in [1.82, 2.24) is 10.4 Å². The summed E-state index contributed by atoms with van der Waals surface area (Å²) in [4.78, 5) is 38.3. The van der Waals surface area contributed by atoms with Crippen molar-refractivity contribution in [3.63, 3.8) is 0 Å². The van der Waals surface area contributed by atoms with Crippen molar-refractivity contribution in [3.8, 4) is 5.75 Å². The first-order valence-corrected chi connectivity index (χ1v) is 11.4. The van der Waals surface area contributed by atoms with E-state index in [9.17, 15) is 28.0 Å². The van der Waals surface area contributed by atoms with Crippen LogP contribution in [-0.4, -0.2) is 54.6 Å². The highest BCUT2D eigenvalue weighted by Crippen LogP contribution is 2.32. The fourth-order valence-electron chi connectivity index (χ4n) is 3.68. The van der Waals surface area contributed by atoms with E-state index in [1.807, 2.05) is 0 Å². The number of amides is 3. The second-order valence-corrected chi connectivity index (χ2v) is 9.99. The molecule has 0 aliphatic carbocycles. The van der Waals surface area contributed by atoms with Crippen LogP contribution >= 0.6 is 0 Å². The van der Waals surface area contributed by atoms with E-state index in [1.165, 1.54) is 43.8 Å². The van der Waals surface area contributed by atoms with Crippen molar-refractivity contribution in [3.05, 3.63) is 59.7 Å². The molecule has 1 atom stereocenters. The number of hydroxylamine groups is 1. The average molecular weight is 461 g/mol. The van der Waals surface area contributed by atoms with E-state index < -0.39 is 32.3 Å². The number of carbonyl (C=O) groups is 3. The molecular weight excluding hydrogens is 436 g/mol. The standard InChI is InChI=1S/C22H24N2O7S/c1-22(21(27)23-28,32(29,30)16-11-9-15(31-2)10-12-16)13-5-6-14-24-19(25)17-7-3-4-8-18(17)20(24)26/h3-4,7-12,28H,5-6,13-14H2,1-2H3,(H,23,27). The van der Waals surface area contributed by atoms with Crippen LogP contribution in [0.4, 0.5) is 0 Å². The van der Waals surface area contributed by atoms with Crippen molar-refractivity contribution < 1.29 is 32.7 Å². The first kappa shape index (κ1) is 23.4. The second-order valence-electron chi connectivity index (χ2n) is 7.62. The topological polar surface area (TPSA) is 130 Å². The summed E-state index contributed by atoms with van der Waals surface area (Å²) < 4.78 is 29.5. The molecule has 2 aromatic carbocycles. The fourth-order valence-corrected chi connectivity index (χ4v) is 5.40. The third-order valence-corrected chi connectivity index (χ3v) is 8.18. The zero-order chi connectivity index (χ0) is 23.5. The number of hydrogen-bond acceptors (Lipinski definition) is 7. The molecule has 0 fully saturated rings. The molecule has 9 nitrogen and oxygen atoms in total. The van der Waals surface area contributed by atoms with Gasteiger partial charge in [-0.1, -0.05) is 12.1 Å². The molecule has 0 aromatic heterocycles. The van der Waals surface area contributed by atoms with E-state index in [4.69, 9.17) is 4.74 Å². The Morgan fingerprint density at radius 2 is 1.59 bits per heavy atom. The Hall–Kier alpha value is -3.24. The van der Waals surface area contributed by atoms with Crippen LogP contribution in [0.15, 0.2) is 53.4 Å². The Labute approximate surface area is 185 Å². The summed E-state index contributed by atoms with van der Waals surface area (Å²) in [5.41, 5.74) is 2.12. The summed E-state index contributed by atoms with van der Waals surface area (Å²) >= 11 is 0. The molecule has 0 radical (unpaired) electrons. The van der Waals surface area contributed by atoms with Crippen LogP contribution in [0.25, 0.3) is 0 Å². The molecule has 2 aromatic rings. The predicted molar refractivity (Wildman–Crippen MR) is 114 cm³/mol. The maximum atomic E-state index is 13.2. The summed E-state index contributed by atoms with van der Waals surface area (Å²) in [7, 11) is -2.73. The molecule has 0 bridgehead atoms. The van der Waals surface area contributed by atoms with Crippen LogP contribution in [0.1, 0.15) is 46.9 Å². The van der Waals surface area contributed by atoms with Crippen molar-refractivity contribution in [2.75, 3.05) is 13.7 Å². The summed E-state index contributed by atoms with van der Waals surface area (Å²) in [6, 6.07) is 12.1. The van der Waals surface area contributed by atoms with Gasteiger partial charge in [-0.05, 0) is 62.6 Å². The van der Waals surface area contributed by atoms with E-state index in [2.05, 4.69) is 0 Å². The van der Waals surface area contributed by atoms with Crippen LogP contribution in [0, 0.1) is 0 Å². The molecule has 170 valence electrons. The zero-order valence-corrected chi connectivity index (χ0v) is 18.5. The van der Waals surface area contributed by atoms with Crippen LogP contribution in [-0.2, 0) is 14.6 Å². The Morgan fingerprint density at radius 3 is 2.09 bits per heavy atom. The molecule has 0 saturated heterocycles. The smallest absolute Gasteiger partial charge is 0.264 e. The van der Waals surface area contributed by atoms with Gasteiger partial charge in [0.2, 0.25) is 0 Å². The predicted octanol–water partition coefficient (Wildman–Crippen LogP) is 2.20. The molecule has 3 rings (SSSR count). The van der Waals surface area contributed by atoms with Gasteiger partial charge in [0.15, 0.2) is 14.6 Å². The molecule has 1 aliphatic rings. The SMILES string of the molecule is COc1ccc(S(=O)(=O)C(C)(CCCCN2C(=O)c3ccccc3C2=O)C(=O)NO)cc1. The minimum Gasteiger partial charge on any atom is -0.497 e. The van der Waals surface area contributed by atoms with Crippen molar-refractivity contribution in [2.45, 2.75) is 35.8 Å². The molecule has 0 saturated carbocycles. The quantitative estimate of drug-likeness (QED) is 0.254. The Morgan fingerprint density at radius 1 is 1.03 bits per heavy atom. The maximum Gasteiger partial charge on any atom is 0.264 e. The molecule has 10 heteroatoms. The number of imide groups is 1. The molecule has 0 spiro atoms. The maximum absolute atomic E-state index is 13.2. The monoisotopic (exact) mass is 460 g/mol. The lowest BCUT2D eigenvalue weighted by atomic mass is 10.0. The van der Waals surface area contributed by atoms with Gasteiger partial charge in [-0.25, -0.2) is 13.9 Å². The number of ether oxygens (including phenoxy) is 1. The molecule has 32 heavy (non-hydrogen) atoms. The highest BCUT2D eigenvalue weighted by Gasteiger charge is 2.47. The zero-order valence-electron chi connectivity index (χ0n) is 17.7. The van der Waals surface area contributed by atoms with E-state index in [0.29, 0.717) is 16.9 Å². The van der Waals surface area contributed by atoms with Gasteiger partial charge in [0, 0.05) is 6.54 Å². The summed E-state index contributed by atoms with van der Waals surface area (Å²) in [6.45, 7) is 1.33. The first-order valence-electron chi connectivity index (χ1n) is 9.96. The van der Waals surface area contributed by atoms with Crippen molar-refractivity contribution >= 4 is 27.6 Å². The van der Waals surface area contributed by atoms with Gasteiger partial charge in [0.1, 0.15) is 5.75 Å². The number of hydrogen-bond donors (Lipinski definition) is 2. The van der Waals surface area contributed by atoms with E-state index >= 15 is 0 Å². The lowest BCUT2D eigenvalue weighted by Crippen LogP contribution is -2.49. The number of nitrogens with zero attached hydrogens (tertiary/aromatic N) is 1. The summed E-state index contributed by atoms with van der Waals surface area (Å²) in [5.74, 6) is -1.40. The van der Waals surface area contributed by atoms with Gasteiger partial charge in [-0.2, -0.15) is 0 Å². The molecule has 1 heterocycles. The molecular formula is C22H24N2O7S. The van der Waals surface area contributed by atoms with Gasteiger partial charge >= 0.3 is 0 Å². The number of carbonyl (C=O) groups excluding carboxylic acids is 3. The lowest BCUT2D eigenvalue weighted by Gasteiger charge is -2.27. The van der Waals surface area contributed by atoms with E-state index in [1.54, 1.807) is 24.3 Å². The second kappa shape index (κ2) is 9.09. The first-order chi connectivity index (χ1) is 15.2. The number of sulfone groups is 1. The van der Waals surface area contributed by atoms with Crippen LogP contribution < -0.4 is 10.2 Å². The number of rotatable bonds is 9. The van der Waals surface area contributed by atoms with Gasteiger partial charge < -0.3 is 4.74 Å². The Balaban J connectivity index is 1.72. The minimum absolute atomic E-state index is 0.0890. The summed E-state index contributed by atoms with van der Waals surface area (Å²) in [5, 5.41) is 9.18. The summed E-state index contributed by atoms with van der Waals surface area (Å²) in [6.07, 6.45) is 0.377. The normalized spacial score (nSPS) is 15.3. The Bertz CT molecular complexity index is 1110. The van der Waals surface area contributed by atoms with Crippen molar-refractivity contribution in [2.24, 2.45) is 0 Å². The third-order valence-electron chi connectivity index (χ3n) is 5.71. The Kier molecular flexibility index (Phi) is 6.65. The average Bonchev–Trinajstić information content (AvgIpc) is 3.05. The van der Waals surface area contributed by atoms with Crippen LogP contribution in [0.2, 0.25) is 0 Å². The van der Waals surface area contributed by atoms with Gasteiger partial charge in [-0.15, -0.1) is 0 Å². The number of fused-ring (bicyclic) bond motifs is 1. The van der Waals surface area contributed by atoms with Gasteiger partial charge in [0.25, 0.3) is 17.7 Å². The van der Waals surface area contributed by atoms with Crippen molar-refractivity contribution in [1.29, 1.82) is 0 Å². The number of nitrogens with one attached hydrogen (secondary N) is 1. The number of benzene rings is 2. The third kappa shape index (κ3) is 3.98. The minimum atomic E-state index is -4.18. The highest BCUT2D eigenvalue weighted by molar-refractivity contribution is 7.93. The fraction of sp³-hybridized carbons (Fsp3) is 0.318. The van der Waals surface area contributed by atoms with Gasteiger partial charge in [-0.3, -0.25) is 24.5 Å². The van der Waals surface area contributed by atoms with Crippen LogP contribution in [0.5, 0.6) is 5.75 Å². The van der Waals surface area contributed by atoms with E-state index in [0.717, 1.165) is 4.90 Å². The largest absolute Gasteiger partial charge is 0.497 e. The molecule has 1 aliphatic heterocycles.